The van der Waals surface area contributed by atoms with Gasteiger partial charge in [-0.15, -0.1) is 0 Å². The van der Waals surface area contributed by atoms with Crippen molar-refractivity contribution in [2.45, 2.75) is 32.8 Å². The van der Waals surface area contributed by atoms with Crippen molar-refractivity contribution in [1.29, 1.82) is 0 Å². The first kappa shape index (κ1) is 13.9. The Kier molecular flexibility index (Phi) is 3.85. The zero-order valence-electron chi connectivity index (χ0n) is 11.4. The fraction of sp³-hybridized carbons (Fsp3) is 0.400. The summed E-state index contributed by atoms with van der Waals surface area (Å²) in [4.78, 5) is 11.9. The number of benzene rings is 1. The van der Waals surface area contributed by atoms with Gasteiger partial charge in [-0.05, 0) is 44.9 Å². The number of rotatable bonds is 1. The minimum atomic E-state index is -0.468. The third-order valence-electron chi connectivity index (χ3n) is 2.74. The summed E-state index contributed by atoms with van der Waals surface area (Å²) in [6.07, 6.45) is 2.38. The van der Waals surface area contributed by atoms with E-state index in [1.165, 1.54) is 0 Å². The maximum Gasteiger partial charge on any atom is 0.331 e. The van der Waals surface area contributed by atoms with Crippen LogP contribution in [0.4, 0.5) is 5.69 Å². The van der Waals surface area contributed by atoms with Crippen LogP contribution in [0.15, 0.2) is 24.3 Å². The predicted octanol–water partition coefficient (Wildman–Crippen LogP) is 3.88. The highest BCUT2D eigenvalue weighted by atomic mass is 35.5. The van der Waals surface area contributed by atoms with E-state index in [0.717, 1.165) is 29.8 Å². The molecule has 0 atom stereocenters. The predicted molar refractivity (Wildman–Crippen MR) is 78.4 cm³/mol. The summed E-state index contributed by atoms with van der Waals surface area (Å²) in [5.41, 5.74) is 2.50. The van der Waals surface area contributed by atoms with E-state index >= 15 is 0 Å². The minimum absolute atomic E-state index is 0.301. The van der Waals surface area contributed by atoms with Gasteiger partial charge in [-0.25, -0.2) is 4.79 Å². The summed E-state index contributed by atoms with van der Waals surface area (Å²) in [6, 6.07) is 5.63. The standard InChI is InChI=1S/C15H18ClNO2/c1-15(2,3)19-14(18)8-10-6-7-17-13-9-11(16)4-5-12(10)13/h4-5,8-9,17H,6-7H2,1-3H3/b10-8+. The van der Waals surface area contributed by atoms with Gasteiger partial charge in [-0.2, -0.15) is 0 Å². The van der Waals surface area contributed by atoms with Crippen molar-refractivity contribution in [3.8, 4) is 0 Å². The monoisotopic (exact) mass is 279 g/mol. The van der Waals surface area contributed by atoms with Crippen LogP contribution in [0.3, 0.4) is 0 Å². The number of carbonyl (C=O) groups excluding carboxylic acids is 1. The first-order valence-corrected chi connectivity index (χ1v) is 6.70. The number of hydrogen-bond donors (Lipinski definition) is 1. The second kappa shape index (κ2) is 5.25. The number of carbonyl (C=O) groups is 1. The molecule has 1 aromatic rings. The lowest BCUT2D eigenvalue weighted by Gasteiger charge is -2.22. The van der Waals surface area contributed by atoms with Gasteiger partial charge in [-0.1, -0.05) is 17.7 Å². The molecule has 1 aliphatic heterocycles. The minimum Gasteiger partial charge on any atom is -0.457 e. The molecule has 0 spiro atoms. The normalized spacial score (nSPS) is 16.7. The molecule has 19 heavy (non-hydrogen) atoms. The van der Waals surface area contributed by atoms with Crippen LogP contribution >= 0.6 is 11.6 Å². The Balaban J connectivity index is 2.26. The third kappa shape index (κ3) is 3.74. The van der Waals surface area contributed by atoms with Gasteiger partial charge in [0.15, 0.2) is 0 Å². The Morgan fingerprint density at radius 1 is 1.42 bits per heavy atom. The quantitative estimate of drug-likeness (QED) is 0.626. The van der Waals surface area contributed by atoms with E-state index in [-0.39, 0.29) is 5.97 Å². The number of esters is 1. The van der Waals surface area contributed by atoms with E-state index < -0.39 is 5.60 Å². The molecular weight excluding hydrogens is 262 g/mol. The van der Waals surface area contributed by atoms with Crippen LogP contribution < -0.4 is 5.32 Å². The Bertz CT molecular complexity index is 529. The topological polar surface area (TPSA) is 38.3 Å². The lowest BCUT2D eigenvalue weighted by atomic mass is 9.97. The van der Waals surface area contributed by atoms with Crippen LogP contribution in [0.2, 0.25) is 5.02 Å². The molecule has 1 heterocycles. The smallest absolute Gasteiger partial charge is 0.331 e. The molecule has 1 N–H and O–H groups in total. The average Bonchev–Trinajstić information content (AvgIpc) is 2.26. The summed E-state index contributed by atoms with van der Waals surface area (Å²) in [6.45, 7) is 6.38. The molecule has 0 saturated carbocycles. The Labute approximate surface area is 118 Å². The zero-order chi connectivity index (χ0) is 14.0. The van der Waals surface area contributed by atoms with Gasteiger partial charge in [0.05, 0.1) is 0 Å². The highest BCUT2D eigenvalue weighted by Gasteiger charge is 2.18. The van der Waals surface area contributed by atoms with Crippen molar-refractivity contribution in [2.75, 3.05) is 11.9 Å². The summed E-state index contributed by atoms with van der Waals surface area (Å²) in [5, 5.41) is 3.96. The third-order valence-corrected chi connectivity index (χ3v) is 2.97. The van der Waals surface area contributed by atoms with Crippen LogP contribution in [0.1, 0.15) is 32.8 Å². The number of anilines is 1. The van der Waals surface area contributed by atoms with Gasteiger partial charge in [-0.3, -0.25) is 0 Å². The van der Waals surface area contributed by atoms with Crippen molar-refractivity contribution in [1.82, 2.24) is 0 Å². The number of fused-ring (bicyclic) bond motifs is 1. The van der Waals surface area contributed by atoms with Gasteiger partial charge >= 0.3 is 5.97 Å². The van der Waals surface area contributed by atoms with E-state index in [9.17, 15) is 4.79 Å². The molecule has 4 heteroatoms. The van der Waals surface area contributed by atoms with Crippen molar-refractivity contribution < 1.29 is 9.53 Å². The number of ether oxygens (including phenoxy) is 1. The SMILES string of the molecule is CC(C)(C)OC(=O)/C=C1\CCNc2cc(Cl)ccc21. The zero-order valence-corrected chi connectivity index (χ0v) is 12.2. The fourth-order valence-corrected chi connectivity index (χ4v) is 2.20. The molecule has 3 nitrogen and oxygen atoms in total. The molecule has 0 unspecified atom stereocenters. The van der Waals surface area contributed by atoms with Crippen LogP contribution in [-0.4, -0.2) is 18.1 Å². The molecule has 0 fully saturated rings. The summed E-state index contributed by atoms with van der Waals surface area (Å²) >= 11 is 5.97. The van der Waals surface area contributed by atoms with E-state index in [2.05, 4.69) is 5.32 Å². The van der Waals surface area contributed by atoms with Gasteiger partial charge in [0.25, 0.3) is 0 Å². The molecule has 0 aromatic heterocycles. The average molecular weight is 280 g/mol. The van der Waals surface area contributed by atoms with Crippen LogP contribution in [0.25, 0.3) is 5.57 Å². The molecule has 102 valence electrons. The molecule has 1 aliphatic rings. The van der Waals surface area contributed by atoms with Crippen molar-refractivity contribution in [2.24, 2.45) is 0 Å². The lowest BCUT2D eigenvalue weighted by molar-refractivity contribution is -0.148. The van der Waals surface area contributed by atoms with Crippen molar-refractivity contribution >= 4 is 28.8 Å². The molecular formula is C15H18ClNO2. The molecule has 0 amide bonds. The first-order chi connectivity index (χ1) is 8.85. The molecule has 0 bridgehead atoms. The maximum atomic E-state index is 11.9. The molecule has 1 aromatic carbocycles. The van der Waals surface area contributed by atoms with Crippen molar-refractivity contribution in [3.05, 3.63) is 34.9 Å². The maximum absolute atomic E-state index is 11.9. The van der Waals surface area contributed by atoms with Crippen LogP contribution in [0.5, 0.6) is 0 Å². The molecule has 2 rings (SSSR count). The highest BCUT2D eigenvalue weighted by Crippen LogP contribution is 2.32. The largest absolute Gasteiger partial charge is 0.457 e. The Morgan fingerprint density at radius 2 is 2.16 bits per heavy atom. The second-order valence-electron chi connectivity index (χ2n) is 5.57. The number of halogens is 1. The first-order valence-electron chi connectivity index (χ1n) is 6.32. The molecule has 0 aliphatic carbocycles. The molecule has 0 radical (unpaired) electrons. The summed E-state index contributed by atoms with van der Waals surface area (Å²) in [5.74, 6) is -0.301. The highest BCUT2D eigenvalue weighted by molar-refractivity contribution is 6.31. The second-order valence-corrected chi connectivity index (χ2v) is 6.01. The van der Waals surface area contributed by atoms with E-state index in [1.54, 1.807) is 6.08 Å². The number of hydrogen-bond acceptors (Lipinski definition) is 3. The lowest BCUT2D eigenvalue weighted by Crippen LogP contribution is -2.23. The van der Waals surface area contributed by atoms with E-state index in [1.807, 2.05) is 39.0 Å². The van der Waals surface area contributed by atoms with Gasteiger partial charge < -0.3 is 10.1 Å². The van der Waals surface area contributed by atoms with E-state index in [0.29, 0.717) is 5.02 Å². The Hall–Kier alpha value is -1.48. The van der Waals surface area contributed by atoms with Crippen LogP contribution in [0, 0.1) is 0 Å². The van der Waals surface area contributed by atoms with E-state index in [4.69, 9.17) is 16.3 Å². The summed E-state index contributed by atoms with van der Waals surface area (Å²) < 4.78 is 5.32. The molecule has 0 saturated heterocycles. The number of nitrogens with one attached hydrogen (secondary N) is 1. The van der Waals surface area contributed by atoms with Crippen molar-refractivity contribution in [3.63, 3.8) is 0 Å². The van der Waals surface area contributed by atoms with Crippen LogP contribution in [-0.2, 0) is 9.53 Å². The fourth-order valence-electron chi connectivity index (χ4n) is 2.03. The van der Waals surface area contributed by atoms with Gasteiger partial charge in [0, 0.05) is 28.9 Å². The Morgan fingerprint density at radius 3 is 2.84 bits per heavy atom. The summed E-state index contributed by atoms with van der Waals surface area (Å²) in [7, 11) is 0. The van der Waals surface area contributed by atoms with Gasteiger partial charge in [0.1, 0.15) is 5.60 Å². The van der Waals surface area contributed by atoms with Gasteiger partial charge in [0.2, 0.25) is 0 Å².